The second-order valence-corrected chi connectivity index (χ2v) is 9.59. The van der Waals surface area contributed by atoms with Crippen molar-refractivity contribution in [2.45, 2.75) is 58.2 Å². The predicted octanol–water partition coefficient (Wildman–Crippen LogP) is 5.21. The van der Waals surface area contributed by atoms with E-state index in [-0.39, 0.29) is 12.1 Å². The fraction of sp³-hybridized carbons (Fsp3) is 0.370. The predicted molar refractivity (Wildman–Crippen MR) is 142 cm³/mol. The lowest BCUT2D eigenvalue weighted by Crippen LogP contribution is -2.34. The van der Waals surface area contributed by atoms with Crippen molar-refractivity contribution in [3.63, 3.8) is 0 Å². The van der Waals surface area contributed by atoms with E-state index in [4.69, 9.17) is 10.5 Å². The highest BCUT2D eigenvalue weighted by molar-refractivity contribution is 6.02. The summed E-state index contributed by atoms with van der Waals surface area (Å²) in [7, 11) is 0. The van der Waals surface area contributed by atoms with Gasteiger partial charge in [0, 0.05) is 47.8 Å². The van der Waals surface area contributed by atoms with Crippen molar-refractivity contribution >= 4 is 28.3 Å². The van der Waals surface area contributed by atoms with Crippen LogP contribution in [-0.4, -0.2) is 38.0 Å². The van der Waals surface area contributed by atoms with Crippen LogP contribution < -0.4 is 21.1 Å². The third kappa shape index (κ3) is 5.00. The zero-order valence-corrected chi connectivity index (χ0v) is 20.8. The van der Waals surface area contributed by atoms with Crippen LogP contribution in [0.5, 0.6) is 5.75 Å². The average molecular weight is 488 g/mol. The summed E-state index contributed by atoms with van der Waals surface area (Å²) >= 11 is 0. The number of aryl methyl sites for hydroxylation is 1. The normalized spacial score (nSPS) is 13.6. The van der Waals surface area contributed by atoms with Gasteiger partial charge in [0.15, 0.2) is 0 Å². The largest absolute Gasteiger partial charge is 0.493 e. The molecule has 0 atom stereocenters. The number of hydrogen-bond donors (Lipinski definition) is 3. The number of anilines is 2. The zero-order valence-electron chi connectivity index (χ0n) is 20.8. The highest BCUT2D eigenvalue weighted by Crippen LogP contribution is 2.44. The quantitative estimate of drug-likeness (QED) is 0.281. The molecule has 2 amide bonds. The molecule has 0 radical (unpaired) electrons. The van der Waals surface area contributed by atoms with E-state index >= 15 is 0 Å². The Labute approximate surface area is 210 Å². The number of aromatic nitrogens is 4. The lowest BCUT2D eigenvalue weighted by Gasteiger charge is -2.30. The molecule has 2 aromatic heterocycles. The summed E-state index contributed by atoms with van der Waals surface area (Å²) in [6, 6.07) is 14.3. The molecule has 1 fully saturated rings. The van der Waals surface area contributed by atoms with Crippen molar-refractivity contribution in [3.8, 4) is 17.0 Å². The summed E-state index contributed by atoms with van der Waals surface area (Å²) in [6.07, 6.45) is 7.58. The van der Waals surface area contributed by atoms with Crippen LogP contribution in [-0.2, 0) is 6.54 Å². The van der Waals surface area contributed by atoms with Gasteiger partial charge in [0.05, 0.1) is 23.5 Å². The monoisotopic (exact) mass is 487 g/mol. The number of nitrogen functional groups attached to an aromatic ring is 1. The van der Waals surface area contributed by atoms with Crippen LogP contribution >= 0.6 is 0 Å². The number of nitrogens with one attached hydrogen (secondary N) is 2. The molecular weight excluding hydrogens is 454 g/mol. The van der Waals surface area contributed by atoms with Crippen LogP contribution in [0.1, 0.15) is 45.6 Å². The molecule has 0 bridgehead atoms. The number of ether oxygens (including phenoxy) is 1. The molecule has 36 heavy (non-hydrogen) atoms. The highest BCUT2D eigenvalue weighted by atomic mass is 16.5. The van der Waals surface area contributed by atoms with Crippen LogP contribution in [0.15, 0.2) is 55.1 Å². The molecule has 1 aliphatic carbocycles. The van der Waals surface area contributed by atoms with Gasteiger partial charge in [-0.15, -0.1) is 0 Å². The molecule has 2 aromatic carbocycles. The van der Waals surface area contributed by atoms with Gasteiger partial charge in [-0.1, -0.05) is 12.1 Å². The molecule has 188 valence electrons. The second kappa shape index (κ2) is 10.3. The van der Waals surface area contributed by atoms with Gasteiger partial charge in [0.25, 0.3) is 0 Å². The summed E-state index contributed by atoms with van der Waals surface area (Å²) in [4.78, 5) is 16.0. The standard InChI is InChI=1S/C27H33N7O2/c1-18(2)31-27(35)32-20-9-7-19(8-10-20)26-25(28)23-12-11-22(15-24(23)34(26)21-5-3-6-21)36-14-4-13-33-17-29-16-30-33/h7-12,15-18,21H,3-6,13-14,28H2,1-2H3,(H2,31,32,35). The number of benzene rings is 2. The molecule has 0 aliphatic heterocycles. The van der Waals surface area contributed by atoms with Gasteiger partial charge in [-0.2, -0.15) is 5.10 Å². The first-order valence-corrected chi connectivity index (χ1v) is 12.6. The van der Waals surface area contributed by atoms with Crippen LogP contribution in [0.2, 0.25) is 0 Å². The van der Waals surface area contributed by atoms with Gasteiger partial charge in [-0.05, 0) is 57.4 Å². The first kappa shape index (κ1) is 23.7. The maximum Gasteiger partial charge on any atom is 0.319 e. The lowest BCUT2D eigenvalue weighted by atomic mass is 9.92. The van der Waals surface area contributed by atoms with Gasteiger partial charge in [0.1, 0.15) is 18.4 Å². The highest BCUT2D eigenvalue weighted by Gasteiger charge is 2.27. The second-order valence-electron chi connectivity index (χ2n) is 9.59. The molecule has 5 rings (SSSR count). The van der Waals surface area contributed by atoms with Gasteiger partial charge in [-0.3, -0.25) is 4.68 Å². The Morgan fingerprint density at radius 3 is 2.67 bits per heavy atom. The molecule has 9 heteroatoms. The molecule has 1 saturated carbocycles. The van der Waals surface area contributed by atoms with Crippen molar-refractivity contribution in [2.75, 3.05) is 17.7 Å². The van der Waals surface area contributed by atoms with Gasteiger partial charge in [0.2, 0.25) is 0 Å². The van der Waals surface area contributed by atoms with E-state index in [0.29, 0.717) is 12.6 Å². The Morgan fingerprint density at radius 2 is 2.00 bits per heavy atom. The minimum absolute atomic E-state index is 0.0739. The number of fused-ring (bicyclic) bond motifs is 1. The molecule has 0 unspecified atom stereocenters. The van der Waals surface area contributed by atoms with E-state index in [0.717, 1.165) is 65.1 Å². The molecule has 4 aromatic rings. The lowest BCUT2D eigenvalue weighted by molar-refractivity contribution is 0.250. The number of hydrogen-bond acceptors (Lipinski definition) is 5. The summed E-state index contributed by atoms with van der Waals surface area (Å²) in [5, 5.41) is 10.9. The van der Waals surface area contributed by atoms with Crippen molar-refractivity contribution < 1.29 is 9.53 Å². The van der Waals surface area contributed by atoms with E-state index in [1.165, 1.54) is 6.42 Å². The molecular formula is C27H33N7O2. The Hall–Kier alpha value is -4.01. The minimum atomic E-state index is -0.213. The summed E-state index contributed by atoms with van der Waals surface area (Å²) < 4.78 is 10.3. The van der Waals surface area contributed by atoms with Crippen LogP contribution in [0, 0.1) is 0 Å². The van der Waals surface area contributed by atoms with E-state index in [1.807, 2.05) is 44.2 Å². The topological polar surface area (TPSA) is 112 Å². The molecule has 0 spiro atoms. The number of nitrogens with two attached hydrogens (primary N) is 1. The summed E-state index contributed by atoms with van der Waals surface area (Å²) in [6.45, 7) is 5.22. The molecule has 0 saturated heterocycles. The first-order valence-electron chi connectivity index (χ1n) is 12.6. The molecule has 9 nitrogen and oxygen atoms in total. The SMILES string of the molecule is CC(C)NC(=O)Nc1ccc(-c2c(N)c3ccc(OCCCn4cncn4)cc3n2C2CCC2)cc1. The third-order valence-corrected chi connectivity index (χ3v) is 6.56. The zero-order chi connectivity index (χ0) is 25.1. The number of rotatable bonds is 9. The Morgan fingerprint density at radius 1 is 1.19 bits per heavy atom. The van der Waals surface area contributed by atoms with Crippen LogP contribution in [0.3, 0.4) is 0 Å². The smallest absolute Gasteiger partial charge is 0.319 e. The van der Waals surface area contributed by atoms with Crippen molar-refractivity contribution in [1.29, 1.82) is 0 Å². The Bertz CT molecular complexity index is 1320. The molecule has 2 heterocycles. The maximum atomic E-state index is 12.1. The molecule has 1 aliphatic rings. The minimum Gasteiger partial charge on any atom is -0.493 e. The number of urea groups is 1. The fourth-order valence-corrected chi connectivity index (χ4v) is 4.63. The first-order chi connectivity index (χ1) is 17.5. The molecule has 4 N–H and O–H groups in total. The van der Waals surface area contributed by atoms with Gasteiger partial charge >= 0.3 is 6.03 Å². The van der Waals surface area contributed by atoms with Crippen LogP contribution in [0.25, 0.3) is 22.2 Å². The van der Waals surface area contributed by atoms with Crippen molar-refractivity contribution in [1.82, 2.24) is 24.6 Å². The van der Waals surface area contributed by atoms with E-state index in [1.54, 1.807) is 17.3 Å². The van der Waals surface area contributed by atoms with Crippen molar-refractivity contribution in [3.05, 3.63) is 55.1 Å². The van der Waals surface area contributed by atoms with E-state index in [2.05, 4.69) is 37.4 Å². The van der Waals surface area contributed by atoms with Gasteiger partial charge in [-0.25, -0.2) is 9.78 Å². The summed E-state index contributed by atoms with van der Waals surface area (Å²) in [5.74, 6) is 0.835. The Balaban J connectivity index is 1.39. The number of amides is 2. The fourth-order valence-electron chi connectivity index (χ4n) is 4.63. The van der Waals surface area contributed by atoms with E-state index < -0.39 is 0 Å². The van der Waals surface area contributed by atoms with Crippen molar-refractivity contribution in [2.24, 2.45) is 0 Å². The van der Waals surface area contributed by atoms with Crippen LogP contribution in [0.4, 0.5) is 16.2 Å². The number of carbonyl (C=O) groups excluding carboxylic acids is 1. The third-order valence-electron chi connectivity index (χ3n) is 6.56. The van der Waals surface area contributed by atoms with Gasteiger partial charge < -0.3 is 25.7 Å². The number of nitrogens with zero attached hydrogens (tertiary/aromatic N) is 4. The van der Waals surface area contributed by atoms with E-state index in [9.17, 15) is 4.79 Å². The Kier molecular flexibility index (Phi) is 6.79. The maximum absolute atomic E-state index is 12.1. The average Bonchev–Trinajstić information content (AvgIpc) is 3.43. The summed E-state index contributed by atoms with van der Waals surface area (Å²) in [5.41, 5.74) is 11.4. The number of carbonyl (C=O) groups is 1.